The zero-order valence-corrected chi connectivity index (χ0v) is 13.4. The maximum Gasteiger partial charge on any atom is 0.170 e. The third-order valence-electron chi connectivity index (χ3n) is 3.31. The molecule has 1 fully saturated rings. The standard InChI is InChI=1S/C14H21N3OS2/c1-20-13-4-2-12(3-5-13)16-14(19)15-6-7-17-8-10-18-11-9-17/h2-5H,6-11H2,1H3,(H2,15,16,19)/p+1. The summed E-state index contributed by atoms with van der Waals surface area (Å²) in [5.41, 5.74) is 1.03. The van der Waals surface area contributed by atoms with Crippen molar-refractivity contribution in [3.05, 3.63) is 24.3 Å². The minimum Gasteiger partial charge on any atom is -0.370 e. The molecular formula is C14H22N3OS2+. The van der Waals surface area contributed by atoms with Gasteiger partial charge in [-0.3, -0.25) is 0 Å². The van der Waals surface area contributed by atoms with Crippen molar-refractivity contribution in [2.75, 3.05) is 51.0 Å². The van der Waals surface area contributed by atoms with Gasteiger partial charge in [-0.25, -0.2) is 0 Å². The molecule has 6 heteroatoms. The average molecular weight is 312 g/mol. The minimum atomic E-state index is 0.689. The lowest BCUT2D eigenvalue weighted by atomic mass is 10.3. The first kappa shape index (κ1) is 15.6. The number of rotatable bonds is 5. The van der Waals surface area contributed by atoms with Crippen molar-refractivity contribution in [2.45, 2.75) is 4.90 Å². The first-order valence-electron chi connectivity index (χ1n) is 6.88. The Morgan fingerprint density at radius 1 is 1.30 bits per heavy atom. The van der Waals surface area contributed by atoms with E-state index in [0.29, 0.717) is 5.11 Å². The van der Waals surface area contributed by atoms with E-state index in [1.54, 1.807) is 16.7 Å². The Bertz CT molecular complexity index is 419. The van der Waals surface area contributed by atoms with Crippen LogP contribution in [0.15, 0.2) is 29.2 Å². The van der Waals surface area contributed by atoms with Gasteiger partial charge in [-0.05, 0) is 42.7 Å². The predicted molar refractivity (Wildman–Crippen MR) is 88.8 cm³/mol. The molecule has 1 saturated heterocycles. The largest absolute Gasteiger partial charge is 0.370 e. The summed E-state index contributed by atoms with van der Waals surface area (Å²) in [6.45, 7) is 5.91. The van der Waals surface area contributed by atoms with E-state index in [0.717, 1.165) is 45.1 Å². The molecule has 0 aliphatic carbocycles. The molecule has 0 unspecified atom stereocenters. The summed E-state index contributed by atoms with van der Waals surface area (Å²) in [6, 6.07) is 8.28. The first-order valence-corrected chi connectivity index (χ1v) is 8.51. The number of thiocarbonyl (C=S) groups is 1. The number of ether oxygens (including phenoxy) is 1. The summed E-state index contributed by atoms with van der Waals surface area (Å²) < 4.78 is 5.34. The van der Waals surface area contributed by atoms with Gasteiger partial charge in [0.2, 0.25) is 0 Å². The van der Waals surface area contributed by atoms with E-state index >= 15 is 0 Å². The lowest BCUT2D eigenvalue weighted by Crippen LogP contribution is -3.14. The van der Waals surface area contributed by atoms with Crippen LogP contribution in [0.25, 0.3) is 0 Å². The number of thioether (sulfide) groups is 1. The fourth-order valence-electron chi connectivity index (χ4n) is 2.11. The Morgan fingerprint density at radius 2 is 2.00 bits per heavy atom. The van der Waals surface area contributed by atoms with Gasteiger partial charge < -0.3 is 20.3 Å². The van der Waals surface area contributed by atoms with Crippen LogP contribution in [0.5, 0.6) is 0 Å². The van der Waals surface area contributed by atoms with Crippen molar-refractivity contribution in [2.24, 2.45) is 0 Å². The number of quaternary nitrogens is 1. The maximum atomic E-state index is 5.34. The smallest absolute Gasteiger partial charge is 0.170 e. The number of morpholine rings is 1. The maximum absolute atomic E-state index is 5.34. The third-order valence-corrected chi connectivity index (χ3v) is 4.30. The minimum absolute atomic E-state index is 0.689. The average Bonchev–Trinajstić information content (AvgIpc) is 2.49. The van der Waals surface area contributed by atoms with Crippen molar-refractivity contribution in [1.29, 1.82) is 0 Å². The monoisotopic (exact) mass is 312 g/mol. The first-order chi connectivity index (χ1) is 9.78. The molecule has 0 radical (unpaired) electrons. The molecule has 0 aromatic heterocycles. The molecule has 1 heterocycles. The SMILES string of the molecule is CSc1ccc(NC(=S)NCC[NH+]2CCOCC2)cc1. The van der Waals surface area contributed by atoms with Crippen molar-refractivity contribution in [1.82, 2.24) is 5.32 Å². The summed E-state index contributed by atoms with van der Waals surface area (Å²) >= 11 is 7.04. The third kappa shape index (κ3) is 5.28. The summed E-state index contributed by atoms with van der Waals surface area (Å²) in [6.07, 6.45) is 2.07. The highest BCUT2D eigenvalue weighted by Gasteiger charge is 2.12. The summed E-state index contributed by atoms with van der Waals surface area (Å²) in [5, 5.41) is 7.16. The molecule has 0 atom stereocenters. The molecular weight excluding hydrogens is 290 g/mol. The van der Waals surface area contributed by atoms with Gasteiger partial charge in [0.25, 0.3) is 0 Å². The van der Waals surface area contributed by atoms with Crippen LogP contribution in [-0.2, 0) is 4.74 Å². The molecule has 4 nitrogen and oxygen atoms in total. The quantitative estimate of drug-likeness (QED) is 0.549. The highest BCUT2D eigenvalue weighted by Crippen LogP contribution is 2.17. The molecule has 1 aliphatic heterocycles. The van der Waals surface area contributed by atoms with Crippen LogP contribution < -0.4 is 15.5 Å². The van der Waals surface area contributed by atoms with Crippen molar-refractivity contribution in [3.63, 3.8) is 0 Å². The topological polar surface area (TPSA) is 37.7 Å². The fourth-order valence-corrected chi connectivity index (χ4v) is 2.74. The fraction of sp³-hybridized carbons (Fsp3) is 0.500. The van der Waals surface area contributed by atoms with E-state index in [2.05, 4.69) is 29.0 Å². The highest BCUT2D eigenvalue weighted by molar-refractivity contribution is 7.98. The van der Waals surface area contributed by atoms with Gasteiger partial charge in [0.15, 0.2) is 5.11 Å². The molecule has 0 amide bonds. The van der Waals surface area contributed by atoms with E-state index in [4.69, 9.17) is 17.0 Å². The van der Waals surface area contributed by atoms with Crippen molar-refractivity contribution >= 4 is 34.8 Å². The van der Waals surface area contributed by atoms with Crippen LogP contribution in [0, 0.1) is 0 Å². The number of benzene rings is 1. The molecule has 1 aromatic rings. The molecule has 20 heavy (non-hydrogen) atoms. The van der Waals surface area contributed by atoms with Gasteiger partial charge >= 0.3 is 0 Å². The second kappa shape index (κ2) is 8.46. The van der Waals surface area contributed by atoms with Crippen molar-refractivity contribution in [3.8, 4) is 0 Å². The van der Waals surface area contributed by atoms with Gasteiger partial charge in [-0.2, -0.15) is 0 Å². The highest BCUT2D eigenvalue weighted by atomic mass is 32.2. The molecule has 110 valence electrons. The molecule has 0 spiro atoms. The number of anilines is 1. The normalized spacial score (nSPS) is 15.8. The second-order valence-electron chi connectivity index (χ2n) is 4.72. The van der Waals surface area contributed by atoms with Crippen LogP contribution in [0.4, 0.5) is 5.69 Å². The van der Waals surface area contributed by atoms with Crippen LogP contribution >= 0.6 is 24.0 Å². The van der Waals surface area contributed by atoms with Crippen LogP contribution in [0.3, 0.4) is 0 Å². The van der Waals surface area contributed by atoms with Gasteiger partial charge in [0.1, 0.15) is 13.1 Å². The van der Waals surface area contributed by atoms with Gasteiger partial charge in [-0.1, -0.05) is 0 Å². The summed E-state index contributed by atoms with van der Waals surface area (Å²) in [4.78, 5) is 2.83. The van der Waals surface area contributed by atoms with E-state index in [1.165, 1.54) is 4.90 Å². The molecule has 2 rings (SSSR count). The van der Waals surface area contributed by atoms with Crippen LogP contribution in [0.1, 0.15) is 0 Å². The number of hydrogen-bond donors (Lipinski definition) is 3. The van der Waals surface area contributed by atoms with E-state index in [1.807, 2.05) is 12.1 Å². The Kier molecular flexibility index (Phi) is 6.59. The van der Waals surface area contributed by atoms with Crippen molar-refractivity contribution < 1.29 is 9.64 Å². The lowest BCUT2D eigenvalue weighted by molar-refractivity contribution is -0.906. The summed E-state index contributed by atoms with van der Waals surface area (Å²) in [5.74, 6) is 0. The Balaban J connectivity index is 1.66. The van der Waals surface area contributed by atoms with Crippen LogP contribution in [-0.4, -0.2) is 50.8 Å². The van der Waals surface area contributed by atoms with E-state index in [-0.39, 0.29) is 0 Å². The number of hydrogen-bond acceptors (Lipinski definition) is 3. The number of nitrogens with one attached hydrogen (secondary N) is 3. The molecule has 0 saturated carbocycles. The van der Waals surface area contributed by atoms with Gasteiger partial charge in [0.05, 0.1) is 26.3 Å². The summed E-state index contributed by atoms with van der Waals surface area (Å²) in [7, 11) is 0. The Morgan fingerprint density at radius 3 is 2.65 bits per heavy atom. The molecule has 0 bridgehead atoms. The Hall–Kier alpha value is -0.820. The van der Waals surface area contributed by atoms with Crippen LogP contribution in [0.2, 0.25) is 0 Å². The van der Waals surface area contributed by atoms with E-state index < -0.39 is 0 Å². The van der Waals surface area contributed by atoms with E-state index in [9.17, 15) is 0 Å². The van der Waals surface area contributed by atoms with Gasteiger partial charge in [-0.15, -0.1) is 11.8 Å². The van der Waals surface area contributed by atoms with Gasteiger partial charge in [0, 0.05) is 10.6 Å². The molecule has 1 aliphatic rings. The second-order valence-corrected chi connectivity index (χ2v) is 6.01. The predicted octanol–water partition coefficient (Wildman–Crippen LogP) is 0.610. The lowest BCUT2D eigenvalue weighted by Gasteiger charge is -2.24. The molecule has 3 N–H and O–H groups in total. The Labute approximate surface area is 130 Å². The zero-order chi connectivity index (χ0) is 14.2. The zero-order valence-electron chi connectivity index (χ0n) is 11.8. The molecule has 1 aromatic carbocycles.